The first-order chi connectivity index (χ1) is 12.1. The van der Waals surface area contributed by atoms with E-state index < -0.39 is 0 Å². The fourth-order valence-corrected chi connectivity index (χ4v) is 8.03. The van der Waals surface area contributed by atoms with Gasteiger partial charge in [0.15, 0.2) is 11.8 Å². The van der Waals surface area contributed by atoms with Gasteiger partial charge in [0, 0.05) is 24.2 Å². The van der Waals surface area contributed by atoms with Gasteiger partial charge in [-0.25, -0.2) is 23.7 Å². The summed E-state index contributed by atoms with van der Waals surface area (Å²) in [7, 11) is 0. The van der Waals surface area contributed by atoms with Gasteiger partial charge in [-0.2, -0.15) is 0 Å². The van der Waals surface area contributed by atoms with Crippen LogP contribution < -0.4 is 37.7 Å². The molecule has 0 N–H and O–H groups in total. The van der Waals surface area contributed by atoms with Crippen LogP contribution in [0.4, 0.5) is 0 Å². The zero-order valence-corrected chi connectivity index (χ0v) is 19.3. The molecule has 0 saturated heterocycles. The van der Waals surface area contributed by atoms with Crippen LogP contribution in [0.15, 0.2) is 0 Å². The van der Waals surface area contributed by atoms with Crippen LogP contribution in [0.5, 0.6) is 0 Å². The van der Waals surface area contributed by atoms with Crippen LogP contribution in [0.25, 0.3) is 0 Å². The van der Waals surface area contributed by atoms with E-state index in [1.54, 1.807) is 0 Å². The van der Waals surface area contributed by atoms with E-state index in [2.05, 4.69) is 65.2 Å². The molecule has 6 rings (SSSR count). The predicted molar refractivity (Wildman–Crippen MR) is 99.5 cm³/mol. The molecular formula is C22H32Li2N2O2. The summed E-state index contributed by atoms with van der Waals surface area (Å²) in [5, 5.41) is 0. The molecule has 144 valence electrons. The molecule has 0 aliphatic heterocycles. The first-order valence-electron chi connectivity index (χ1n) is 10.5. The summed E-state index contributed by atoms with van der Waals surface area (Å²) in [6.45, 7) is 16.9. The average molecular weight is 370 g/mol. The van der Waals surface area contributed by atoms with Crippen molar-refractivity contribution in [1.82, 2.24) is 9.80 Å². The normalized spacial score (nSPS) is 40.4. The van der Waals surface area contributed by atoms with Crippen molar-refractivity contribution in [3.63, 3.8) is 0 Å². The number of rotatable bonds is 6. The summed E-state index contributed by atoms with van der Waals surface area (Å²) in [6.07, 6.45) is 0. The van der Waals surface area contributed by atoms with E-state index in [0.29, 0.717) is 35.5 Å². The molecule has 6 heteroatoms. The summed E-state index contributed by atoms with van der Waals surface area (Å²) < 4.78 is 0. The zero-order valence-electron chi connectivity index (χ0n) is 19.3. The molecule has 6 fully saturated rings. The van der Waals surface area contributed by atoms with Crippen LogP contribution >= 0.6 is 0 Å². The molecule has 0 heterocycles. The Kier molecular flexibility index (Phi) is 5.15. The molecule has 2 amide bonds. The number of hydrogen-bond donors (Lipinski definition) is 0. The van der Waals surface area contributed by atoms with Gasteiger partial charge >= 0.3 is 37.7 Å². The van der Waals surface area contributed by atoms with Gasteiger partial charge in [-0.1, -0.05) is 0 Å². The van der Waals surface area contributed by atoms with E-state index in [4.69, 9.17) is 0 Å². The van der Waals surface area contributed by atoms with Gasteiger partial charge in [-0.3, -0.25) is 9.59 Å². The molecule has 0 bridgehead atoms. The van der Waals surface area contributed by atoms with Crippen molar-refractivity contribution in [3.8, 4) is 0 Å². The summed E-state index contributed by atoms with van der Waals surface area (Å²) in [5.41, 5.74) is -0.330. The molecule has 0 aromatic carbocycles. The van der Waals surface area contributed by atoms with Crippen molar-refractivity contribution in [3.05, 3.63) is 11.8 Å². The number of hydrogen-bond acceptors (Lipinski definition) is 2. The van der Waals surface area contributed by atoms with Crippen LogP contribution in [0.2, 0.25) is 0 Å². The molecule has 6 saturated carbocycles. The maximum absolute atomic E-state index is 13.4. The summed E-state index contributed by atoms with van der Waals surface area (Å²) in [4.78, 5) is 31.0. The molecule has 0 aromatic heterocycles. The molecule has 4 nitrogen and oxygen atoms in total. The van der Waals surface area contributed by atoms with Gasteiger partial charge in [0.2, 0.25) is 0 Å². The van der Waals surface area contributed by atoms with Crippen LogP contribution in [0, 0.1) is 46.3 Å². The third-order valence-corrected chi connectivity index (χ3v) is 8.33. The van der Waals surface area contributed by atoms with E-state index in [-0.39, 0.29) is 72.7 Å². The smallest absolute Gasteiger partial charge is 0.340 e. The van der Waals surface area contributed by atoms with Gasteiger partial charge < -0.3 is 21.6 Å². The molecule has 6 aliphatic rings. The standard InChI is InChI=1S/C22H32N2O2.2Li/c1-9(2)23(10(3)4)19(25)21-13-16-14(21)18-15(21)17(13)22(16,18)20(26)24(11(5)6)12(7)8;;/h9-14,17-18H,1-8H3;;/q-2;2*+1. The molecule has 0 radical (unpaired) electrons. The van der Waals surface area contributed by atoms with Crippen molar-refractivity contribution in [2.45, 2.75) is 79.6 Å². The number of carbonyl (C=O) groups excluding carboxylic acids is 2. The van der Waals surface area contributed by atoms with Crippen LogP contribution in [-0.4, -0.2) is 45.8 Å². The van der Waals surface area contributed by atoms with E-state index in [9.17, 15) is 9.59 Å². The Morgan fingerprint density at radius 2 is 0.821 bits per heavy atom. The minimum absolute atomic E-state index is 0. The second-order valence-electron chi connectivity index (χ2n) is 10.4. The fraction of sp³-hybridized carbons (Fsp3) is 0.818. The molecule has 0 spiro atoms. The Morgan fingerprint density at radius 1 is 0.607 bits per heavy atom. The van der Waals surface area contributed by atoms with Gasteiger partial charge in [0.25, 0.3) is 0 Å². The SMILES string of the molecule is CC(C)N(C(=O)C12[C-]3C4C1[C-]1C2C3C14C(=O)N(C(C)C)C(C)C)C(C)C.[Li+].[Li+]. The maximum Gasteiger partial charge on any atom is 1.00 e. The number of carbonyl (C=O) groups is 2. The second kappa shape index (κ2) is 6.32. The van der Waals surface area contributed by atoms with Gasteiger partial charge in [0.1, 0.15) is 0 Å². The summed E-state index contributed by atoms with van der Waals surface area (Å²) in [5.74, 6) is 5.26. The second-order valence-corrected chi connectivity index (χ2v) is 10.4. The van der Waals surface area contributed by atoms with Gasteiger partial charge in [-0.05, 0) is 55.4 Å². The van der Waals surface area contributed by atoms with Crippen molar-refractivity contribution in [2.24, 2.45) is 34.5 Å². The Hall–Kier alpha value is 0.135. The van der Waals surface area contributed by atoms with E-state index in [0.717, 1.165) is 0 Å². The average Bonchev–Trinajstić information content (AvgIpc) is 2.52. The quantitative estimate of drug-likeness (QED) is 0.368. The Bertz CT molecular complexity index is 588. The monoisotopic (exact) mass is 370 g/mol. The topological polar surface area (TPSA) is 40.6 Å². The van der Waals surface area contributed by atoms with Gasteiger partial charge in [0.05, 0.1) is 0 Å². The van der Waals surface area contributed by atoms with Crippen LogP contribution in [-0.2, 0) is 9.59 Å². The van der Waals surface area contributed by atoms with Crippen molar-refractivity contribution in [1.29, 1.82) is 0 Å². The third-order valence-electron chi connectivity index (χ3n) is 8.33. The Labute approximate surface area is 194 Å². The fourth-order valence-electron chi connectivity index (χ4n) is 8.03. The molecule has 4 unspecified atom stereocenters. The molecule has 0 aromatic rings. The summed E-state index contributed by atoms with van der Waals surface area (Å²) in [6, 6.07) is 0.951. The Morgan fingerprint density at radius 3 is 0.964 bits per heavy atom. The van der Waals surface area contributed by atoms with Gasteiger partial charge in [-0.15, -0.1) is 10.8 Å². The van der Waals surface area contributed by atoms with Crippen LogP contribution in [0.1, 0.15) is 55.4 Å². The van der Waals surface area contributed by atoms with E-state index >= 15 is 0 Å². The first-order valence-corrected chi connectivity index (χ1v) is 10.5. The number of nitrogens with zero attached hydrogens (tertiary/aromatic N) is 2. The molecule has 28 heavy (non-hydrogen) atoms. The summed E-state index contributed by atoms with van der Waals surface area (Å²) >= 11 is 0. The first kappa shape index (κ1) is 22.8. The van der Waals surface area contributed by atoms with Crippen LogP contribution in [0.3, 0.4) is 0 Å². The number of amides is 2. The molecule has 6 aliphatic carbocycles. The minimum atomic E-state index is -0.165. The van der Waals surface area contributed by atoms with Crippen molar-refractivity contribution in [2.75, 3.05) is 0 Å². The van der Waals surface area contributed by atoms with Crippen molar-refractivity contribution < 1.29 is 47.3 Å². The largest absolute Gasteiger partial charge is 1.00 e. The predicted octanol–water partition coefficient (Wildman–Crippen LogP) is -3.06. The Balaban J connectivity index is 0.00000112. The van der Waals surface area contributed by atoms with E-state index in [1.165, 1.54) is 11.8 Å². The zero-order chi connectivity index (χ0) is 19.1. The molecule has 4 atom stereocenters. The molecular weight excluding hydrogens is 338 g/mol. The van der Waals surface area contributed by atoms with E-state index in [1.807, 2.05) is 0 Å². The minimum Gasteiger partial charge on any atom is -0.340 e. The maximum atomic E-state index is 13.4. The van der Waals surface area contributed by atoms with Crippen molar-refractivity contribution >= 4 is 11.8 Å². The third kappa shape index (κ3) is 1.79.